The maximum Gasteiger partial charge on any atom is 0.271 e. The van der Waals surface area contributed by atoms with Gasteiger partial charge in [0.15, 0.2) is 0 Å². The highest BCUT2D eigenvalue weighted by Gasteiger charge is 2.36. The van der Waals surface area contributed by atoms with Gasteiger partial charge in [0.05, 0.1) is 5.56 Å². The topological polar surface area (TPSA) is 78.1 Å². The molecule has 1 aliphatic heterocycles. The molecule has 2 heterocycles. The lowest BCUT2D eigenvalue weighted by Gasteiger charge is -2.37. The van der Waals surface area contributed by atoms with Crippen LogP contribution in [0.25, 0.3) is 0 Å². The molecule has 1 fully saturated rings. The van der Waals surface area contributed by atoms with E-state index >= 15 is 0 Å². The van der Waals surface area contributed by atoms with E-state index in [0.717, 1.165) is 0 Å². The largest absolute Gasteiger partial charge is 0.353 e. The number of nitrogens with zero attached hydrogens (tertiary/aromatic N) is 3. The first-order valence-corrected chi connectivity index (χ1v) is 6.61. The molecule has 0 spiro atoms. The molecule has 106 valence electrons. The van der Waals surface area contributed by atoms with Crippen molar-refractivity contribution in [2.45, 2.75) is 19.9 Å². The van der Waals surface area contributed by atoms with Crippen molar-refractivity contribution in [2.75, 3.05) is 13.1 Å². The summed E-state index contributed by atoms with van der Waals surface area (Å²) >= 11 is 0. The van der Waals surface area contributed by atoms with Crippen LogP contribution in [0, 0.1) is 17.2 Å². The second-order valence-corrected chi connectivity index (χ2v) is 5.32. The Balaban J connectivity index is 2.33. The summed E-state index contributed by atoms with van der Waals surface area (Å²) < 4.78 is 1.63. The molecule has 1 aliphatic rings. The fourth-order valence-corrected chi connectivity index (χ4v) is 2.56. The third-order valence-electron chi connectivity index (χ3n) is 3.50. The number of carbonyl (C=O) groups excluding carboxylic acids is 2. The van der Waals surface area contributed by atoms with Crippen molar-refractivity contribution < 1.29 is 9.59 Å². The Morgan fingerprint density at radius 3 is 2.80 bits per heavy atom. The Bertz CT molecular complexity index is 582. The van der Waals surface area contributed by atoms with Gasteiger partial charge >= 0.3 is 0 Å². The Kier molecular flexibility index (Phi) is 3.79. The van der Waals surface area contributed by atoms with Crippen LogP contribution in [-0.4, -0.2) is 40.4 Å². The zero-order chi connectivity index (χ0) is 14.9. The monoisotopic (exact) mass is 274 g/mol. The molecule has 1 N–H and O–H groups in total. The zero-order valence-electron chi connectivity index (χ0n) is 11.9. The molecule has 6 heteroatoms. The summed E-state index contributed by atoms with van der Waals surface area (Å²) in [6.07, 6.45) is 1.61. The van der Waals surface area contributed by atoms with Crippen LogP contribution in [0.15, 0.2) is 12.3 Å². The smallest absolute Gasteiger partial charge is 0.271 e. The van der Waals surface area contributed by atoms with E-state index in [1.54, 1.807) is 28.8 Å². The molecule has 2 rings (SSSR count). The average molecular weight is 274 g/mol. The number of nitriles is 1. The Labute approximate surface area is 118 Å². The lowest BCUT2D eigenvalue weighted by molar-refractivity contribution is -0.129. The first-order chi connectivity index (χ1) is 9.45. The Hall–Kier alpha value is -2.29. The Morgan fingerprint density at radius 1 is 1.55 bits per heavy atom. The number of nitrogens with one attached hydrogen (secondary N) is 1. The summed E-state index contributed by atoms with van der Waals surface area (Å²) in [5.74, 6) is -0.285. The molecule has 1 aromatic rings. The second-order valence-electron chi connectivity index (χ2n) is 5.32. The van der Waals surface area contributed by atoms with E-state index in [4.69, 9.17) is 5.26 Å². The number of aryl methyl sites for hydroxylation is 1. The van der Waals surface area contributed by atoms with Crippen molar-refractivity contribution in [1.82, 2.24) is 14.8 Å². The maximum atomic E-state index is 12.6. The number of aromatic nitrogens is 1. The summed E-state index contributed by atoms with van der Waals surface area (Å²) in [6.45, 7) is 4.78. The van der Waals surface area contributed by atoms with Crippen LogP contribution in [0.5, 0.6) is 0 Å². The minimum absolute atomic E-state index is 0.0370. The van der Waals surface area contributed by atoms with Gasteiger partial charge in [0.2, 0.25) is 5.91 Å². The summed E-state index contributed by atoms with van der Waals surface area (Å²) in [5, 5.41) is 11.7. The molecule has 0 bridgehead atoms. The predicted octanol–water partition coefficient (Wildman–Crippen LogP) is 0.493. The molecule has 0 aromatic carbocycles. The van der Waals surface area contributed by atoms with Crippen LogP contribution in [0.4, 0.5) is 0 Å². The van der Waals surface area contributed by atoms with Gasteiger partial charge in [-0.15, -0.1) is 0 Å². The van der Waals surface area contributed by atoms with Crippen molar-refractivity contribution in [3.8, 4) is 6.07 Å². The van der Waals surface area contributed by atoms with Crippen molar-refractivity contribution in [1.29, 1.82) is 5.26 Å². The molecular formula is C14H18N4O2. The molecule has 20 heavy (non-hydrogen) atoms. The zero-order valence-corrected chi connectivity index (χ0v) is 11.9. The van der Waals surface area contributed by atoms with Gasteiger partial charge in [0, 0.05) is 26.3 Å². The summed E-state index contributed by atoms with van der Waals surface area (Å²) in [5.41, 5.74) is 0.875. The molecule has 0 radical (unpaired) electrons. The molecule has 1 saturated heterocycles. The van der Waals surface area contributed by atoms with Crippen molar-refractivity contribution in [2.24, 2.45) is 13.0 Å². The lowest BCUT2D eigenvalue weighted by atomic mass is 9.99. The predicted molar refractivity (Wildman–Crippen MR) is 72.8 cm³/mol. The number of hydrogen-bond donors (Lipinski definition) is 1. The normalized spacial score (nSPS) is 18.9. The Morgan fingerprint density at radius 2 is 2.25 bits per heavy atom. The molecule has 0 aliphatic carbocycles. The van der Waals surface area contributed by atoms with E-state index in [1.165, 1.54) is 0 Å². The number of rotatable bonds is 2. The molecule has 1 unspecified atom stereocenters. The minimum atomic E-state index is -0.461. The van der Waals surface area contributed by atoms with E-state index in [2.05, 4.69) is 5.32 Å². The molecule has 1 aromatic heterocycles. The van der Waals surface area contributed by atoms with Crippen LogP contribution >= 0.6 is 0 Å². The highest BCUT2D eigenvalue weighted by atomic mass is 16.2. The number of hydrogen-bond acceptors (Lipinski definition) is 3. The van der Waals surface area contributed by atoms with E-state index in [-0.39, 0.29) is 17.7 Å². The van der Waals surface area contributed by atoms with Crippen LogP contribution in [0.1, 0.15) is 29.9 Å². The average Bonchev–Trinajstić information content (AvgIpc) is 2.78. The van der Waals surface area contributed by atoms with Crippen LogP contribution in [0.3, 0.4) is 0 Å². The van der Waals surface area contributed by atoms with Gasteiger partial charge in [-0.2, -0.15) is 5.26 Å². The molecule has 0 saturated carbocycles. The third kappa shape index (κ3) is 2.39. The minimum Gasteiger partial charge on any atom is -0.353 e. The van der Waals surface area contributed by atoms with E-state index in [0.29, 0.717) is 24.3 Å². The first-order valence-electron chi connectivity index (χ1n) is 6.61. The fourth-order valence-electron chi connectivity index (χ4n) is 2.56. The van der Waals surface area contributed by atoms with Gasteiger partial charge in [-0.25, -0.2) is 0 Å². The highest BCUT2D eigenvalue weighted by molar-refractivity contribution is 5.97. The van der Waals surface area contributed by atoms with Gasteiger partial charge in [-0.1, -0.05) is 13.8 Å². The molecule has 1 atom stereocenters. The number of carbonyl (C=O) groups is 2. The second kappa shape index (κ2) is 5.37. The van der Waals surface area contributed by atoms with Crippen LogP contribution < -0.4 is 5.32 Å². The van der Waals surface area contributed by atoms with Crippen molar-refractivity contribution in [3.63, 3.8) is 0 Å². The van der Waals surface area contributed by atoms with Gasteiger partial charge in [0.1, 0.15) is 17.8 Å². The lowest BCUT2D eigenvalue weighted by Crippen LogP contribution is -2.59. The fraction of sp³-hybridized carbons (Fsp3) is 0.500. The standard InChI is InChI=1S/C14H18N4O2/c1-9(2)12-13(19)16-4-5-18(12)14(20)11-6-10(7-15)8-17(11)3/h6,8-9,12H,4-5H2,1-3H3,(H,16,19). The van der Waals surface area contributed by atoms with E-state index in [9.17, 15) is 9.59 Å². The number of piperazine rings is 1. The van der Waals surface area contributed by atoms with Crippen LogP contribution in [-0.2, 0) is 11.8 Å². The van der Waals surface area contributed by atoms with Crippen molar-refractivity contribution >= 4 is 11.8 Å². The quantitative estimate of drug-likeness (QED) is 0.852. The van der Waals surface area contributed by atoms with E-state index < -0.39 is 6.04 Å². The van der Waals surface area contributed by atoms with Crippen molar-refractivity contribution in [3.05, 3.63) is 23.5 Å². The first kappa shape index (κ1) is 14.1. The van der Waals surface area contributed by atoms with Gasteiger partial charge in [-0.3, -0.25) is 9.59 Å². The third-order valence-corrected chi connectivity index (χ3v) is 3.50. The molecule has 2 amide bonds. The summed E-state index contributed by atoms with van der Waals surface area (Å²) in [4.78, 5) is 26.2. The summed E-state index contributed by atoms with van der Waals surface area (Å²) in [7, 11) is 1.72. The van der Waals surface area contributed by atoms with E-state index in [1.807, 2.05) is 19.9 Å². The van der Waals surface area contributed by atoms with Gasteiger partial charge < -0.3 is 14.8 Å². The summed E-state index contributed by atoms with van der Waals surface area (Å²) in [6, 6.07) is 3.12. The molecule has 6 nitrogen and oxygen atoms in total. The highest BCUT2D eigenvalue weighted by Crippen LogP contribution is 2.18. The maximum absolute atomic E-state index is 12.6. The SMILES string of the molecule is CC(C)C1C(=O)NCCN1C(=O)c1cc(C#N)cn1C. The number of amides is 2. The van der Waals surface area contributed by atoms with Gasteiger partial charge in [0.25, 0.3) is 5.91 Å². The van der Waals surface area contributed by atoms with Gasteiger partial charge in [-0.05, 0) is 12.0 Å². The molecular weight excluding hydrogens is 256 g/mol. The van der Waals surface area contributed by atoms with Crippen LogP contribution in [0.2, 0.25) is 0 Å².